The van der Waals surface area contributed by atoms with Crippen LogP contribution in [0.1, 0.15) is 19.8 Å². The van der Waals surface area contributed by atoms with Crippen molar-refractivity contribution in [1.29, 1.82) is 0 Å². The first-order chi connectivity index (χ1) is 7.58. The van der Waals surface area contributed by atoms with E-state index in [1.807, 2.05) is 6.92 Å². The molecule has 90 valence electrons. The molecule has 5 nitrogen and oxygen atoms in total. The van der Waals surface area contributed by atoms with Crippen molar-refractivity contribution in [1.82, 2.24) is 4.90 Å². The van der Waals surface area contributed by atoms with Gasteiger partial charge in [0, 0.05) is 25.6 Å². The van der Waals surface area contributed by atoms with E-state index in [1.165, 1.54) is 0 Å². The van der Waals surface area contributed by atoms with E-state index in [1.54, 1.807) is 4.90 Å². The predicted molar refractivity (Wildman–Crippen MR) is 55.8 cm³/mol. The molecule has 0 bridgehead atoms. The summed E-state index contributed by atoms with van der Waals surface area (Å²) in [5, 5.41) is 8.60. The molecule has 2 atom stereocenters. The molecule has 2 fully saturated rings. The number of carboxylic acid groups (broad SMARTS) is 1. The first-order valence-corrected chi connectivity index (χ1v) is 5.70. The molecule has 2 unspecified atom stereocenters. The summed E-state index contributed by atoms with van der Waals surface area (Å²) in [6, 6.07) is 0. The normalized spacial score (nSPS) is 30.2. The van der Waals surface area contributed by atoms with E-state index in [9.17, 15) is 9.59 Å². The lowest BCUT2D eigenvalue weighted by Crippen LogP contribution is -2.53. The van der Waals surface area contributed by atoms with Crippen molar-refractivity contribution in [2.75, 3.05) is 19.7 Å². The summed E-state index contributed by atoms with van der Waals surface area (Å²) in [5.41, 5.74) is 0. The van der Waals surface area contributed by atoms with Crippen molar-refractivity contribution >= 4 is 11.9 Å². The molecule has 1 amide bonds. The Labute approximate surface area is 94.4 Å². The molecule has 2 rings (SSSR count). The number of carbonyl (C=O) groups is 2. The van der Waals surface area contributed by atoms with Gasteiger partial charge in [-0.05, 0) is 13.3 Å². The average Bonchev–Trinajstić information content (AvgIpc) is 2.56. The van der Waals surface area contributed by atoms with Crippen LogP contribution in [-0.4, -0.2) is 47.7 Å². The van der Waals surface area contributed by atoms with Gasteiger partial charge in [0.25, 0.3) is 0 Å². The van der Waals surface area contributed by atoms with Crippen LogP contribution in [0.5, 0.6) is 0 Å². The van der Waals surface area contributed by atoms with Crippen molar-refractivity contribution in [3.8, 4) is 0 Å². The van der Waals surface area contributed by atoms with Crippen LogP contribution in [0.2, 0.25) is 0 Å². The van der Waals surface area contributed by atoms with Crippen molar-refractivity contribution < 1.29 is 19.4 Å². The Morgan fingerprint density at radius 3 is 2.62 bits per heavy atom. The highest BCUT2D eigenvalue weighted by Crippen LogP contribution is 2.27. The zero-order valence-corrected chi connectivity index (χ0v) is 9.39. The third-order valence-electron chi connectivity index (χ3n) is 3.43. The zero-order valence-electron chi connectivity index (χ0n) is 9.39. The molecule has 16 heavy (non-hydrogen) atoms. The fourth-order valence-corrected chi connectivity index (χ4v) is 2.42. The molecule has 5 heteroatoms. The van der Waals surface area contributed by atoms with Gasteiger partial charge >= 0.3 is 5.97 Å². The van der Waals surface area contributed by atoms with Crippen molar-refractivity contribution in [3.63, 3.8) is 0 Å². The fourth-order valence-electron chi connectivity index (χ4n) is 2.42. The van der Waals surface area contributed by atoms with E-state index in [0.717, 1.165) is 6.42 Å². The first kappa shape index (κ1) is 11.4. The Morgan fingerprint density at radius 2 is 2.12 bits per heavy atom. The highest BCUT2D eigenvalue weighted by molar-refractivity contribution is 5.80. The highest BCUT2D eigenvalue weighted by atomic mass is 16.5. The SMILES string of the molecule is CC1OCCC1C(=O)N1CC(CC(=O)O)C1. The summed E-state index contributed by atoms with van der Waals surface area (Å²) < 4.78 is 5.36. The maximum Gasteiger partial charge on any atom is 0.303 e. The Hall–Kier alpha value is -1.10. The number of carbonyl (C=O) groups excluding carboxylic acids is 1. The minimum atomic E-state index is -0.783. The van der Waals surface area contributed by atoms with E-state index < -0.39 is 5.97 Å². The quantitative estimate of drug-likeness (QED) is 0.755. The minimum Gasteiger partial charge on any atom is -0.481 e. The number of ether oxygens (including phenoxy) is 1. The van der Waals surface area contributed by atoms with Gasteiger partial charge in [-0.2, -0.15) is 0 Å². The number of aliphatic carboxylic acids is 1. The van der Waals surface area contributed by atoms with Crippen LogP contribution < -0.4 is 0 Å². The molecule has 0 spiro atoms. The Kier molecular flexibility index (Phi) is 3.14. The highest BCUT2D eigenvalue weighted by Gasteiger charge is 2.39. The van der Waals surface area contributed by atoms with Gasteiger partial charge in [0.05, 0.1) is 18.4 Å². The monoisotopic (exact) mass is 227 g/mol. The lowest BCUT2D eigenvalue weighted by atomic mass is 9.92. The third kappa shape index (κ3) is 2.19. The Bertz CT molecular complexity index is 298. The number of rotatable bonds is 3. The van der Waals surface area contributed by atoms with Gasteiger partial charge in [-0.1, -0.05) is 0 Å². The minimum absolute atomic E-state index is 0.00558. The summed E-state index contributed by atoms with van der Waals surface area (Å²) in [6.45, 7) is 3.76. The zero-order chi connectivity index (χ0) is 11.7. The van der Waals surface area contributed by atoms with Gasteiger partial charge in [-0.15, -0.1) is 0 Å². The molecule has 2 aliphatic heterocycles. The number of likely N-dealkylation sites (tertiary alicyclic amines) is 1. The topological polar surface area (TPSA) is 66.8 Å². The van der Waals surface area contributed by atoms with E-state index in [0.29, 0.717) is 19.7 Å². The summed E-state index contributed by atoms with van der Waals surface area (Å²) in [5.74, 6) is -0.536. The van der Waals surface area contributed by atoms with Crippen LogP contribution in [0.25, 0.3) is 0 Å². The second-order valence-corrected chi connectivity index (χ2v) is 4.68. The second kappa shape index (κ2) is 4.41. The molecular formula is C11H17NO4. The Balaban J connectivity index is 1.79. The molecule has 0 aromatic heterocycles. The molecule has 2 aliphatic rings. The molecule has 0 aliphatic carbocycles. The number of nitrogens with zero attached hydrogens (tertiary/aromatic N) is 1. The van der Waals surface area contributed by atoms with Gasteiger partial charge in [0.15, 0.2) is 0 Å². The number of carboxylic acids is 1. The van der Waals surface area contributed by atoms with E-state index in [4.69, 9.17) is 9.84 Å². The van der Waals surface area contributed by atoms with Crippen LogP contribution in [0.4, 0.5) is 0 Å². The largest absolute Gasteiger partial charge is 0.481 e. The van der Waals surface area contributed by atoms with Crippen LogP contribution in [-0.2, 0) is 14.3 Å². The van der Waals surface area contributed by atoms with Crippen molar-refractivity contribution in [2.45, 2.75) is 25.9 Å². The number of hydrogen-bond donors (Lipinski definition) is 1. The van der Waals surface area contributed by atoms with Crippen molar-refractivity contribution in [2.24, 2.45) is 11.8 Å². The smallest absolute Gasteiger partial charge is 0.303 e. The van der Waals surface area contributed by atoms with Crippen LogP contribution in [0, 0.1) is 11.8 Å². The van der Waals surface area contributed by atoms with E-state index in [2.05, 4.69) is 0 Å². The maximum atomic E-state index is 12.0. The summed E-state index contributed by atoms with van der Waals surface area (Å²) in [6.07, 6.45) is 0.965. The predicted octanol–water partition coefficient (Wildman–Crippen LogP) is 0.344. The van der Waals surface area contributed by atoms with Gasteiger partial charge in [-0.25, -0.2) is 0 Å². The van der Waals surface area contributed by atoms with Gasteiger partial charge in [-0.3, -0.25) is 9.59 Å². The third-order valence-corrected chi connectivity index (χ3v) is 3.43. The molecule has 1 N–H and O–H groups in total. The van der Waals surface area contributed by atoms with Crippen LogP contribution in [0.15, 0.2) is 0 Å². The molecule has 0 aromatic rings. The standard InChI is InChI=1S/C11H17NO4/c1-7-9(2-3-16-7)11(15)12-5-8(6-12)4-10(13)14/h7-9H,2-6H2,1H3,(H,13,14). The molecule has 0 saturated carbocycles. The van der Waals surface area contributed by atoms with Gasteiger partial charge < -0.3 is 14.7 Å². The molecule has 0 radical (unpaired) electrons. The number of hydrogen-bond acceptors (Lipinski definition) is 3. The molecule has 2 saturated heterocycles. The summed E-state index contributed by atoms with van der Waals surface area (Å²) in [7, 11) is 0. The summed E-state index contributed by atoms with van der Waals surface area (Å²) >= 11 is 0. The molecular weight excluding hydrogens is 210 g/mol. The second-order valence-electron chi connectivity index (χ2n) is 4.68. The molecule has 0 aromatic carbocycles. The number of amides is 1. The maximum absolute atomic E-state index is 12.0. The molecule has 2 heterocycles. The van der Waals surface area contributed by atoms with Gasteiger partial charge in [0.1, 0.15) is 0 Å². The average molecular weight is 227 g/mol. The van der Waals surface area contributed by atoms with Crippen LogP contribution >= 0.6 is 0 Å². The Morgan fingerprint density at radius 1 is 1.44 bits per heavy atom. The van der Waals surface area contributed by atoms with Gasteiger partial charge in [0.2, 0.25) is 5.91 Å². The summed E-state index contributed by atoms with van der Waals surface area (Å²) in [4.78, 5) is 24.2. The lowest BCUT2D eigenvalue weighted by Gasteiger charge is -2.40. The lowest BCUT2D eigenvalue weighted by molar-refractivity contribution is -0.148. The van der Waals surface area contributed by atoms with E-state index >= 15 is 0 Å². The van der Waals surface area contributed by atoms with Crippen LogP contribution in [0.3, 0.4) is 0 Å². The fraction of sp³-hybridized carbons (Fsp3) is 0.818. The van der Waals surface area contributed by atoms with Crippen molar-refractivity contribution in [3.05, 3.63) is 0 Å². The first-order valence-electron chi connectivity index (χ1n) is 5.70. The van der Waals surface area contributed by atoms with E-state index in [-0.39, 0.29) is 30.3 Å².